The lowest BCUT2D eigenvalue weighted by Crippen LogP contribution is -2.34. The lowest BCUT2D eigenvalue weighted by molar-refractivity contribution is 0.0977. The first-order valence-corrected chi connectivity index (χ1v) is 8.10. The lowest BCUT2D eigenvalue weighted by atomic mass is 10.1. The van der Waals surface area contributed by atoms with Crippen LogP contribution in [0.15, 0.2) is 40.9 Å². The summed E-state index contributed by atoms with van der Waals surface area (Å²) in [6, 6.07) is 10.9. The first-order chi connectivity index (χ1) is 10.4. The van der Waals surface area contributed by atoms with Crippen molar-refractivity contribution in [3.8, 4) is 0 Å². The quantitative estimate of drug-likeness (QED) is 0.712. The average Bonchev–Trinajstić information content (AvgIpc) is 2.46. The first kappa shape index (κ1) is 16.9. The predicted octanol–water partition coefficient (Wildman–Crippen LogP) is 4.85. The Kier molecular flexibility index (Phi) is 5.56. The van der Waals surface area contributed by atoms with Crippen LogP contribution in [-0.4, -0.2) is 11.0 Å². The average molecular weight is 398 g/mol. The van der Waals surface area contributed by atoms with Gasteiger partial charge in [-0.05, 0) is 61.5 Å². The van der Waals surface area contributed by atoms with Crippen molar-refractivity contribution < 1.29 is 4.79 Å². The fraction of sp³-hybridized carbons (Fsp3) is 0.125. The number of anilines is 1. The predicted molar refractivity (Wildman–Crippen MR) is 98.8 cm³/mol. The smallest absolute Gasteiger partial charge is 0.257 e. The van der Waals surface area contributed by atoms with Crippen molar-refractivity contribution in [3.63, 3.8) is 0 Å². The molecule has 2 N–H and O–H groups in total. The Morgan fingerprint density at radius 3 is 2.64 bits per heavy atom. The van der Waals surface area contributed by atoms with Crippen LogP contribution in [0.2, 0.25) is 5.02 Å². The van der Waals surface area contributed by atoms with E-state index in [9.17, 15) is 4.79 Å². The highest BCUT2D eigenvalue weighted by molar-refractivity contribution is 9.10. The number of carbonyl (C=O) groups excluding carboxylic acids is 1. The highest BCUT2D eigenvalue weighted by Crippen LogP contribution is 2.23. The number of rotatable bonds is 2. The van der Waals surface area contributed by atoms with Gasteiger partial charge >= 0.3 is 0 Å². The zero-order valence-corrected chi connectivity index (χ0v) is 15.2. The molecular weight excluding hydrogens is 384 g/mol. The van der Waals surface area contributed by atoms with Crippen LogP contribution < -0.4 is 10.6 Å². The van der Waals surface area contributed by atoms with Crippen molar-refractivity contribution in [3.05, 3.63) is 62.6 Å². The van der Waals surface area contributed by atoms with E-state index in [1.165, 1.54) is 0 Å². The van der Waals surface area contributed by atoms with Crippen LogP contribution in [0, 0.1) is 13.8 Å². The molecule has 3 nitrogen and oxygen atoms in total. The third-order valence-corrected chi connectivity index (χ3v) is 4.64. The van der Waals surface area contributed by atoms with Gasteiger partial charge in [0, 0.05) is 20.7 Å². The molecule has 1 amide bonds. The minimum Gasteiger partial charge on any atom is -0.332 e. The molecule has 0 bridgehead atoms. The molecule has 0 aliphatic carbocycles. The Labute approximate surface area is 148 Å². The summed E-state index contributed by atoms with van der Waals surface area (Å²) >= 11 is 14.6. The van der Waals surface area contributed by atoms with Gasteiger partial charge in [-0.3, -0.25) is 10.1 Å². The summed E-state index contributed by atoms with van der Waals surface area (Å²) in [5, 5.41) is 6.51. The summed E-state index contributed by atoms with van der Waals surface area (Å²) in [5.41, 5.74) is 3.23. The van der Waals surface area contributed by atoms with E-state index in [1.54, 1.807) is 18.2 Å². The number of hydrogen-bond donors (Lipinski definition) is 2. The van der Waals surface area contributed by atoms with Gasteiger partial charge in [0.15, 0.2) is 5.11 Å². The van der Waals surface area contributed by atoms with Gasteiger partial charge in [0.25, 0.3) is 5.91 Å². The van der Waals surface area contributed by atoms with Gasteiger partial charge in [-0.1, -0.05) is 39.7 Å². The summed E-state index contributed by atoms with van der Waals surface area (Å²) in [5.74, 6) is -0.266. The number of nitrogens with one attached hydrogen (secondary N) is 2. The first-order valence-electron chi connectivity index (χ1n) is 6.52. The molecule has 0 radical (unpaired) electrons. The molecule has 22 heavy (non-hydrogen) atoms. The van der Waals surface area contributed by atoms with Gasteiger partial charge in [-0.2, -0.15) is 0 Å². The van der Waals surface area contributed by atoms with Crippen LogP contribution in [0.25, 0.3) is 0 Å². The second-order valence-corrected chi connectivity index (χ2v) is 6.45. The van der Waals surface area contributed by atoms with Crippen molar-refractivity contribution in [1.82, 2.24) is 5.32 Å². The molecule has 0 aromatic heterocycles. The van der Waals surface area contributed by atoms with Gasteiger partial charge in [-0.15, -0.1) is 0 Å². The molecule has 6 heteroatoms. The summed E-state index contributed by atoms with van der Waals surface area (Å²) < 4.78 is 0.879. The van der Waals surface area contributed by atoms with Crippen molar-refractivity contribution >= 4 is 56.5 Å². The Bertz CT molecular complexity index is 749. The monoisotopic (exact) mass is 396 g/mol. The normalized spacial score (nSPS) is 10.2. The fourth-order valence-electron chi connectivity index (χ4n) is 1.81. The zero-order valence-electron chi connectivity index (χ0n) is 12.0. The number of hydrogen-bond acceptors (Lipinski definition) is 2. The fourth-order valence-corrected chi connectivity index (χ4v) is 2.56. The number of halogens is 2. The second kappa shape index (κ2) is 7.22. The van der Waals surface area contributed by atoms with E-state index in [0.717, 1.165) is 21.3 Å². The van der Waals surface area contributed by atoms with Crippen LogP contribution >= 0.6 is 39.7 Å². The second-order valence-electron chi connectivity index (χ2n) is 4.78. The van der Waals surface area contributed by atoms with Gasteiger partial charge in [0.2, 0.25) is 0 Å². The number of benzene rings is 2. The van der Waals surface area contributed by atoms with Crippen LogP contribution in [-0.2, 0) is 0 Å². The molecule has 0 saturated heterocycles. The molecule has 0 fully saturated rings. The molecule has 0 heterocycles. The van der Waals surface area contributed by atoms with E-state index >= 15 is 0 Å². The molecule has 0 atom stereocenters. The van der Waals surface area contributed by atoms with E-state index in [4.69, 9.17) is 23.8 Å². The molecule has 114 valence electrons. The molecule has 0 spiro atoms. The third kappa shape index (κ3) is 4.06. The minimum atomic E-state index is -0.266. The molecule has 2 aromatic rings. The van der Waals surface area contributed by atoms with E-state index in [0.29, 0.717) is 10.6 Å². The van der Waals surface area contributed by atoms with E-state index in [1.807, 2.05) is 32.0 Å². The summed E-state index contributed by atoms with van der Waals surface area (Å²) in [7, 11) is 0. The van der Waals surface area contributed by atoms with Crippen molar-refractivity contribution in [1.29, 1.82) is 0 Å². The number of carbonyl (C=O) groups is 1. The van der Waals surface area contributed by atoms with E-state index in [2.05, 4.69) is 26.6 Å². The van der Waals surface area contributed by atoms with Gasteiger partial charge in [0.1, 0.15) is 0 Å². The molecule has 2 aromatic carbocycles. The largest absolute Gasteiger partial charge is 0.332 e. The number of thiocarbonyl (C=S) groups is 1. The van der Waals surface area contributed by atoms with Crippen LogP contribution in [0.1, 0.15) is 21.5 Å². The summed E-state index contributed by atoms with van der Waals surface area (Å²) in [4.78, 5) is 12.2. The third-order valence-electron chi connectivity index (χ3n) is 3.18. The Morgan fingerprint density at radius 1 is 1.23 bits per heavy atom. The number of amides is 1. The lowest BCUT2D eigenvalue weighted by Gasteiger charge is -2.12. The highest BCUT2D eigenvalue weighted by atomic mass is 79.9. The maximum atomic E-state index is 12.2. The van der Waals surface area contributed by atoms with Crippen molar-refractivity contribution in [2.24, 2.45) is 0 Å². The standard InChI is InChI=1S/C16H14BrClN2OS/c1-9-6-7-11(8-12(9)17)15(21)20-16(22)19-14-5-3-4-13(18)10(14)2/h3-8H,1-2H3,(H2,19,20,21,22). The Hall–Kier alpha value is -1.43. The zero-order chi connectivity index (χ0) is 16.3. The van der Waals surface area contributed by atoms with Crippen LogP contribution in [0.5, 0.6) is 0 Å². The van der Waals surface area contributed by atoms with Gasteiger partial charge in [0.05, 0.1) is 0 Å². The van der Waals surface area contributed by atoms with Crippen molar-refractivity contribution in [2.75, 3.05) is 5.32 Å². The minimum absolute atomic E-state index is 0.229. The topological polar surface area (TPSA) is 41.1 Å². The molecule has 0 aliphatic heterocycles. The van der Waals surface area contributed by atoms with Crippen LogP contribution in [0.4, 0.5) is 5.69 Å². The summed E-state index contributed by atoms with van der Waals surface area (Å²) in [6.07, 6.45) is 0. The molecule has 0 aliphatic rings. The van der Waals surface area contributed by atoms with E-state index < -0.39 is 0 Å². The molecule has 2 rings (SSSR count). The Balaban J connectivity index is 2.07. The highest BCUT2D eigenvalue weighted by Gasteiger charge is 2.10. The van der Waals surface area contributed by atoms with E-state index in [-0.39, 0.29) is 11.0 Å². The maximum absolute atomic E-state index is 12.2. The molecule has 0 saturated carbocycles. The van der Waals surface area contributed by atoms with Crippen molar-refractivity contribution in [2.45, 2.75) is 13.8 Å². The maximum Gasteiger partial charge on any atom is 0.257 e. The molecular formula is C16H14BrClN2OS. The molecule has 0 unspecified atom stereocenters. The van der Waals surface area contributed by atoms with Crippen LogP contribution in [0.3, 0.4) is 0 Å². The number of aryl methyl sites for hydroxylation is 1. The summed E-state index contributed by atoms with van der Waals surface area (Å²) in [6.45, 7) is 3.84. The van der Waals surface area contributed by atoms with Gasteiger partial charge < -0.3 is 5.32 Å². The Morgan fingerprint density at radius 2 is 1.95 bits per heavy atom. The SMILES string of the molecule is Cc1ccc(C(=O)NC(=S)Nc2cccc(Cl)c2C)cc1Br. The van der Waals surface area contributed by atoms with Gasteiger partial charge in [-0.25, -0.2) is 0 Å².